The molecule has 0 bridgehead atoms. The van der Waals surface area contributed by atoms with Gasteiger partial charge >= 0.3 is 0 Å². The smallest absolute Gasteiger partial charge is 0.128 e. The standard InChI is InChI=1S/C14H16NOP/c1-16-13-10-6-7-11-14(13)17(2,15)12-8-4-3-5-9-12/h3-11,15H,1-2H3. The van der Waals surface area contributed by atoms with Crippen LogP contribution in [0.25, 0.3) is 0 Å². The third-order valence-corrected chi connectivity index (χ3v) is 5.50. The van der Waals surface area contributed by atoms with Gasteiger partial charge in [-0.2, -0.15) is 0 Å². The molecular formula is C14H16NOP. The van der Waals surface area contributed by atoms with Gasteiger partial charge in [0.05, 0.1) is 7.11 Å². The molecule has 0 saturated heterocycles. The summed E-state index contributed by atoms with van der Waals surface area (Å²) in [5.74, 6) is 0.808. The number of rotatable bonds is 3. The first kappa shape index (κ1) is 11.9. The largest absolute Gasteiger partial charge is 0.496 e. The molecule has 0 radical (unpaired) electrons. The highest BCUT2D eigenvalue weighted by molar-refractivity contribution is 7.79. The van der Waals surface area contributed by atoms with Crippen molar-refractivity contribution < 1.29 is 4.74 Å². The lowest BCUT2D eigenvalue weighted by molar-refractivity contribution is 0.418. The monoisotopic (exact) mass is 245 g/mol. The van der Waals surface area contributed by atoms with Gasteiger partial charge in [0.1, 0.15) is 5.75 Å². The zero-order chi connectivity index (χ0) is 12.3. The highest BCUT2D eigenvalue weighted by atomic mass is 31.2. The fourth-order valence-corrected chi connectivity index (χ4v) is 3.90. The van der Waals surface area contributed by atoms with Crippen molar-refractivity contribution >= 4 is 17.7 Å². The van der Waals surface area contributed by atoms with Crippen LogP contribution in [0.2, 0.25) is 0 Å². The molecule has 17 heavy (non-hydrogen) atoms. The third-order valence-electron chi connectivity index (χ3n) is 2.84. The Morgan fingerprint density at radius 3 is 2.18 bits per heavy atom. The highest BCUT2D eigenvalue weighted by Gasteiger charge is 2.19. The van der Waals surface area contributed by atoms with E-state index in [1.807, 2.05) is 61.3 Å². The van der Waals surface area contributed by atoms with E-state index in [0.717, 1.165) is 16.4 Å². The van der Waals surface area contributed by atoms with E-state index in [2.05, 4.69) is 0 Å². The van der Waals surface area contributed by atoms with Gasteiger partial charge in [-0.05, 0) is 24.1 Å². The van der Waals surface area contributed by atoms with Crippen LogP contribution in [0, 0.1) is 5.16 Å². The predicted octanol–water partition coefficient (Wildman–Crippen LogP) is 3.06. The molecule has 3 heteroatoms. The Morgan fingerprint density at radius 1 is 0.941 bits per heavy atom. The van der Waals surface area contributed by atoms with Gasteiger partial charge in [0.2, 0.25) is 0 Å². The summed E-state index contributed by atoms with van der Waals surface area (Å²) < 4.78 is 5.36. The number of methoxy groups -OCH3 is 1. The van der Waals surface area contributed by atoms with Gasteiger partial charge in [-0.15, -0.1) is 0 Å². The maximum absolute atomic E-state index is 8.68. The lowest BCUT2D eigenvalue weighted by atomic mass is 10.3. The first-order chi connectivity index (χ1) is 8.16. The van der Waals surface area contributed by atoms with E-state index in [0.29, 0.717) is 0 Å². The SMILES string of the molecule is COc1ccccc1P(C)(=N)c1ccccc1. The normalized spacial score (nSPS) is 14.0. The Hall–Kier alpha value is -1.53. The second-order valence-corrected chi connectivity index (χ2v) is 7.02. The maximum atomic E-state index is 8.68. The molecule has 0 aliphatic carbocycles. The summed E-state index contributed by atoms with van der Waals surface area (Å²) in [6.07, 6.45) is 0. The molecule has 2 aromatic carbocycles. The van der Waals surface area contributed by atoms with Crippen molar-refractivity contribution in [2.45, 2.75) is 0 Å². The predicted molar refractivity (Wildman–Crippen MR) is 74.3 cm³/mol. The van der Waals surface area contributed by atoms with Crippen LogP contribution in [0.1, 0.15) is 0 Å². The van der Waals surface area contributed by atoms with Gasteiger partial charge in [0.15, 0.2) is 0 Å². The fourth-order valence-electron chi connectivity index (χ4n) is 1.86. The van der Waals surface area contributed by atoms with Gasteiger partial charge in [-0.3, -0.25) is 0 Å². The third kappa shape index (κ3) is 2.27. The first-order valence-corrected chi connectivity index (χ1v) is 7.70. The molecule has 2 nitrogen and oxygen atoms in total. The second-order valence-electron chi connectivity index (χ2n) is 4.01. The molecule has 1 unspecified atom stereocenters. The Labute approximate surface area is 102 Å². The van der Waals surface area contributed by atoms with Crippen LogP contribution in [0.4, 0.5) is 0 Å². The molecule has 0 aliphatic rings. The summed E-state index contributed by atoms with van der Waals surface area (Å²) in [4.78, 5) is 0. The Kier molecular flexibility index (Phi) is 3.35. The molecule has 0 fully saturated rings. The molecule has 1 atom stereocenters. The Morgan fingerprint density at radius 2 is 1.53 bits per heavy atom. The molecule has 0 heterocycles. The van der Waals surface area contributed by atoms with E-state index in [-0.39, 0.29) is 0 Å². The summed E-state index contributed by atoms with van der Waals surface area (Å²) in [6.45, 7) is 2.00. The minimum absolute atomic E-state index is 0.808. The van der Waals surface area contributed by atoms with Crippen LogP contribution in [0.5, 0.6) is 5.75 Å². The van der Waals surface area contributed by atoms with Crippen molar-refractivity contribution in [1.82, 2.24) is 0 Å². The molecule has 2 rings (SSSR count). The van der Waals surface area contributed by atoms with E-state index < -0.39 is 7.05 Å². The van der Waals surface area contributed by atoms with Crippen LogP contribution >= 0.6 is 7.05 Å². The molecule has 0 saturated carbocycles. The summed E-state index contributed by atoms with van der Waals surface area (Å²) in [5, 5.41) is 10.8. The van der Waals surface area contributed by atoms with Crippen molar-refractivity contribution in [2.24, 2.45) is 0 Å². The summed E-state index contributed by atoms with van der Waals surface area (Å²) >= 11 is 0. The molecule has 0 aliphatic heterocycles. The molecule has 0 spiro atoms. The van der Waals surface area contributed by atoms with Crippen molar-refractivity contribution in [3.63, 3.8) is 0 Å². The maximum Gasteiger partial charge on any atom is 0.128 e. The average molecular weight is 245 g/mol. The van der Waals surface area contributed by atoms with Crippen molar-refractivity contribution in [3.05, 3.63) is 54.6 Å². The number of para-hydroxylation sites is 1. The molecule has 0 aromatic heterocycles. The van der Waals surface area contributed by atoms with Crippen LogP contribution < -0.4 is 15.3 Å². The lowest BCUT2D eigenvalue weighted by Gasteiger charge is -2.20. The topological polar surface area (TPSA) is 33.1 Å². The van der Waals surface area contributed by atoms with E-state index >= 15 is 0 Å². The number of benzene rings is 2. The number of hydrogen-bond acceptors (Lipinski definition) is 2. The van der Waals surface area contributed by atoms with E-state index in [1.165, 1.54) is 0 Å². The van der Waals surface area contributed by atoms with Crippen LogP contribution in [0.15, 0.2) is 54.6 Å². The summed E-state index contributed by atoms with van der Waals surface area (Å²) in [7, 11) is -0.420. The average Bonchev–Trinajstić information content (AvgIpc) is 2.39. The molecule has 88 valence electrons. The van der Waals surface area contributed by atoms with Crippen LogP contribution in [0.3, 0.4) is 0 Å². The number of ether oxygens (including phenoxy) is 1. The van der Waals surface area contributed by atoms with Gasteiger partial charge in [-0.25, -0.2) is 0 Å². The van der Waals surface area contributed by atoms with Gasteiger partial charge < -0.3 is 9.90 Å². The van der Waals surface area contributed by atoms with Crippen LogP contribution in [-0.4, -0.2) is 13.8 Å². The van der Waals surface area contributed by atoms with E-state index in [4.69, 9.17) is 9.90 Å². The lowest BCUT2D eigenvalue weighted by Crippen LogP contribution is -2.16. The molecule has 1 N–H and O–H groups in total. The van der Waals surface area contributed by atoms with Gasteiger partial charge in [0.25, 0.3) is 0 Å². The minimum atomic E-state index is -2.08. The quantitative estimate of drug-likeness (QED) is 0.828. The van der Waals surface area contributed by atoms with Gasteiger partial charge in [-0.1, -0.05) is 42.5 Å². The number of nitrogens with one attached hydrogen (secondary N) is 1. The molecule has 2 aromatic rings. The highest BCUT2D eigenvalue weighted by Crippen LogP contribution is 2.42. The Balaban J connectivity index is 2.56. The Bertz CT molecular complexity index is 551. The number of hydrogen-bond donors (Lipinski definition) is 1. The van der Waals surface area contributed by atoms with Crippen LogP contribution in [-0.2, 0) is 0 Å². The zero-order valence-electron chi connectivity index (χ0n) is 10.1. The second kappa shape index (κ2) is 4.77. The van der Waals surface area contributed by atoms with E-state index in [1.54, 1.807) is 7.11 Å². The van der Waals surface area contributed by atoms with Crippen molar-refractivity contribution in [3.8, 4) is 5.75 Å². The summed E-state index contributed by atoms with van der Waals surface area (Å²) in [5.41, 5.74) is 0. The summed E-state index contributed by atoms with van der Waals surface area (Å²) in [6, 6.07) is 17.8. The zero-order valence-corrected chi connectivity index (χ0v) is 10.9. The molecular weight excluding hydrogens is 229 g/mol. The first-order valence-electron chi connectivity index (χ1n) is 5.47. The molecule has 0 amide bonds. The fraction of sp³-hybridized carbons (Fsp3) is 0.143. The minimum Gasteiger partial charge on any atom is -0.496 e. The van der Waals surface area contributed by atoms with E-state index in [9.17, 15) is 0 Å². The van der Waals surface area contributed by atoms with Crippen molar-refractivity contribution in [2.75, 3.05) is 13.8 Å². The van der Waals surface area contributed by atoms with Gasteiger partial charge in [0, 0.05) is 12.4 Å². The van der Waals surface area contributed by atoms with Crippen molar-refractivity contribution in [1.29, 1.82) is 5.16 Å².